The normalized spacial score (nSPS) is 28.1. The molecule has 1 aromatic rings. The smallest absolute Gasteiger partial charge is 0.230 e. The van der Waals surface area contributed by atoms with Crippen molar-refractivity contribution in [3.05, 3.63) is 35.0 Å². The Morgan fingerprint density at radius 3 is 2.87 bits per heavy atom. The minimum atomic E-state index is 0.252. The Hall–Kier alpha value is -1.42. The first-order valence-corrected chi connectivity index (χ1v) is 5.06. The number of aryl methyl sites for hydroxylation is 1. The predicted octanol–water partition coefficient (Wildman–Crippen LogP) is 1.57. The quantitative estimate of drug-likeness (QED) is 0.686. The molecule has 1 fully saturated rings. The fourth-order valence-corrected chi connectivity index (χ4v) is 1.91. The average molecular weight is 204 g/mol. The van der Waals surface area contributed by atoms with Crippen LogP contribution in [-0.2, 0) is 11.2 Å². The minimum Gasteiger partial charge on any atom is -0.360 e. The molecule has 0 spiro atoms. The number of hydrogen-bond donors (Lipinski definition) is 0. The van der Waals surface area contributed by atoms with Gasteiger partial charge in [-0.25, -0.2) is 0 Å². The summed E-state index contributed by atoms with van der Waals surface area (Å²) < 4.78 is 10.6. The molecule has 0 aromatic carbocycles. The molecule has 2 atom stereocenters. The van der Waals surface area contributed by atoms with Crippen LogP contribution in [0.2, 0.25) is 0 Å². The summed E-state index contributed by atoms with van der Waals surface area (Å²) in [5.74, 6) is 1.35. The fourth-order valence-electron chi connectivity index (χ4n) is 1.91. The Morgan fingerprint density at radius 1 is 1.27 bits per heavy atom. The largest absolute Gasteiger partial charge is 0.360 e. The molecule has 0 saturated carbocycles. The van der Waals surface area contributed by atoms with E-state index in [0.29, 0.717) is 24.2 Å². The number of rotatable bonds is 2. The maximum Gasteiger partial charge on any atom is 0.230 e. The van der Waals surface area contributed by atoms with Gasteiger partial charge >= 0.3 is 0 Å². The lowest BCUT2D eigenvalue weighted by atomic mass is 9.97. The van der Waals surface area contributed by atoms with E-state index in [1.54, 1.807) is 0 Å². The van der Waals surface area contributed by atoms with Gasteiger partial charge in [0.1, 0.15) is 12.2 Å². The van der Waals surface area contributed by atoms with Crippen molar-refractivity contribution in [2.24, 2.45) is 0 Å². The molecular weight excluding hydrogens is 192 g/mol. The summed E-state index contributed by atoms with van der Waals surface area (Å²) in [6, 6.07) is 0. The third-order valence-corrected chi connectivity index (χ3v) is 2.79. The number of ether oxygens (including phenoxy) is 1. The van der Waals surface area contributed by atoms with E-state index >= 15 is 0 Å². The Labute approximate surface area is 87.6 Å². The number of allylic oxidation sites excluding steroid dienone is 2. The highest BCUT2D eigenvalue weighted by molar-refractivity contribution is 5.37. The molecule has 2 heterocycles. The molecule has 0 amide bonds. The van der Waals surface area contributed by atoms with Crippen molar-refractivity contribution in [1.82, 2.24) is 10.1 Å². The van der Waals surface area contributed by atoms with Crippen LogP contribution in [0.25, 0.3) is 0 Å². The van der Waals surface area contributed by atoms with Crippen molar-refractivity contribution in [2.75, 3.05) is 0 Å². The van der Waals surface area contributed by atoms with E-state index < -0.39 is 0 Å². The van der Waals surface area contributed by atoms with Crippen LogP contribution in [0.1, 0.15) is 18.6 Å². The maximum absolute atomic E-state index is 5.56. The van der Waals surface area contributed by atoms with Crippen molar-refractivity contribution in [3.8, 4) is 0 Å². The Kier molecular flexibility index (Phi) is 1.79. The summed E-state index contributed by atoms with van der Waals surface area (Å²) in [4.78, 5) is 4.18. The topological polar surface area (TPSA) is 51.5 Å². The van der Waals surface area contributed by atoms with Gasteiger partial charge < -0.3 is 9.26 Å². The minimum absolute atomic E-state index is 0.252. The third-order valence-electron chi connectivity index (χ3n) is 2.79. The third kappa shape index (κ3) is 1.51. The molecular formula is C11H12N2O2. The predicted molar refractivity (Wildman–Crippen MR) is 53.2 cm³/mol. The summed E-state index contributed by atoms with van der Waals surface area (Å²) >= 11 is 0. The summed E-state index contributed by atoms with van der Waals surface area (Å²) in [7, 11) is 0. The molecule has 0 bridgehead atoms. The van der Waals surface area contributed by atoms with Crippen molar-refractivity contribution in [2.45, 2.75) is 32.5 Å². The standard InChI is InChI=1S/C11H12N2O2/c1-6-3-4-8(11-10(6)14-11)5-9-12-7(2)13-15-9/h3-4,10-11H,5H2,1-2H3. The first kappa shape index (κ1) is 8.85. The van der Waals surface area contributed by atoms with Crippen LogP contribution in [0.4, 0.5) is 0 Å². The molecule has 15 heavy (non-hydrogen) atoms. The summed E-state index contributed by atoms with van der Waals surface area (Å²) in [5, 5.41) is 3.77. The second kappa shape index (κ2) is 3.03. The Bertz CT molecular complexity index is 459. The van der Waals surface area contributed by atoms with Gasteiger partial charge in [-0.05, 0) is 25.0 Å². The Morgan fingerprint density at radius 2 is 2.13 bits per heavy atom. The number of aromatic nitrogens is 2. The van der Waals surface area contributed by atoms with E-state index in [2.05, 4.69) is 29.2 Å². The van der Waals surface area contributed by atoms with Gasteiger partial charge in [-0.3, -0.25) is 0 Å². The zero-order chi connectivity index (χ0) is 10.4. The lowest BCUT2D eigenvalue weighted by molar-refractivity contribution is 0.371. The van der Waals surface area contributed by atoms with Crippen molar-refractivity contribution in [3.63, 3.8) is 0 Å². The number of fused-ring (bicyclic) bond motifs is 1. The summed E-state index contributed by atoms with van der Waals surface area (Å²) in [6.07, 6.45) is 5.46. The van der Waals surface area contributed by atoms with E-state index in [-0.39, 0.29) is 6.10 Å². The fraction of sp³-hybridized carbons (Fsp3) is 0.455. The van der Waals surface area contributed by atoms with Gasteiger partial charge in [0.05, 0.1) is 6.42 Å². The number of epoxide rings is 1. The monoisotopic (exact) mass is 204 g/mol. The van der Waals surface area contributed by atoms with E-state index in [1.165, 1.54) is 11.1 Å². The maximum atomic E-state index is 5.56. The second-order valence-corrected chi connectivity index (χ2v) is 4.04. The number of nitrogens with zero attached hydrogens (tertiary/aromatic N) is 2. The van der Waals surface area contributed by atoms with Gasteiger partial charge in [-0.2, -0.15) is 4.98 Å². The van der Waals surface area contributed by atoms with Crippen molar-refractivity contribution < 1.29 is 9.26 Å². The molecule has 3 rings (SSSR count). The van der Waals surface area contributed by atoms with Gasteiger partial charge in [-0.15, -0.1) is 0 Å². The van der Waals surface area contributed by atoms with Crippen LogP contribution in [0.3, 0.4) is 0 Å². The van der Waals surface area contributed by atoms with Crippen molar-refractivity contribution in [1.29, 1.82) is 0 Å². The Balaban J connectivity index is 1.79. The lowest BCUT2D eigenvalue weighted by Gasteiger charge is -2.04. The SMILES string of the molecule is CC1=CC=C(Cc2nc(C)no2)C2OC12. The first-order valence-electron chi connectivity index (χ1n) is 5.06. The molecule has 2 unspecified atom stereocenters. The van der Waals surface area contributed by atoms with Gasteiger partial charge in [0.2, 0.25) is 5.89 Å². The molecule has 4 heteroatoms. The lowest BCUT2D eigenvalue weighted by Crippen LogP contribution is -2.06. The van der Waals surface area contributed by atoms with Crippen LogP contribution in [0.15, 0.2) is 27.8 Å². The molecule has 1 saturated heterocycles. The second-order valence-electron chi connectivity index (χ2n) is 4.04. The van der Waals surface area contributed by atoms with Gasteiger partial charge in [0.25, 0.3) is 0 Å². The van der Waals surface area contributed by atoms with E-state index in [4.69, 9.17) is 9.26 Å². The molecule has 1 aromatic heterocycles. The van der Waals surface area contributed by atoms with E-state index in [1.807, 2.05) is 6.92 Å². The van der Waals surface area contributed by atoms with Crippen molar-refractivity contribution >= 4 is 0 Å². The van der Waals surface area contributed by atoms with Gasteiger partial charge in [0, 0.05) is 0 Å². The van der Waals surface area contributed by atoms with E-state index in [0.717, 1.165) is 0 Å². The zero-order valence-corrected chi connectivity index (χ0v) is 8.73. The zero-order valence-electron chi connectivity index (χ0n) is 8.73. The highest BCUT2D eigenvalue weighted by Gasteiger charge is 2.44. The van der Waals surface area contributed by atoms with Crippen LogP contribution in [0, 0.1) is 6.92 Å². The highest BCUT2D eigenvalue weighted by Crippen LogP contribution is 2.38. The average Bonchev–Trinajstić information content (AvgIpc) is 2.92. The highest BCUT2D eigenvalue weighted by atomic mass is 16.6. The first-order chi connectivity index (χ1) is 7.24. The van der Waals surface area contributed by atoms with Crippen LogP contribution in [0.5, 0.6) is 0 Å². The van der Waals surface area contributed by atoms with Crippen LogP contribution >= 0.6 is 0 Å². The van der Waals surface area contributed by atoms with E-state index in [9.17, 15) is 0 Å². The summed E-state index contributed by atoms with van der Waals surface area (Å²) in [5.41, 5.74) is 2.53. The van der Waals surface area contributed by atoms with Gasteiger partial charge in [0.15, 0.2) is 5.82 Å². The molecule has 1 aliphatic carbocycles. The molecule has 0 N–H and O–H groups in total. The molecule has 1 aliphatic heterocycles. The number of hydrogen-bond acceptors (Lipinski definition) is 4. The molecule has 0 radical (unpaired) electrons. The van der Waals surface area contributed by atoms with Crippen LogP contribution < -0.4 is 0 Å². The van der Waals surface area contributed by atoms with Crippen LogP contribution in [-0.4, -0.2) is 22.3 Å². The molecule has 78 valence electrons. The molecule has 2 aliphatic rings. The molecule has 4 nitrogen and oxygen atoms in total. The van der Waals surface area contributed by atoms with Gasteiger partial charge in [-0.1, -0.05) is 17.3 Å². The summed E-state index contributed by atoms with van der Waals surface area (Å²) in [6.45, 7) is 3.91.